The van der Waals surface area contributed by atoms with Crippen LogP contribution in [0.5, 0.6) is 11.5 Å². The van der Waals surface area contributed by atoms with Crippen LogP contribution < -0.4 is 14.8 Å². The first-order chi connectivity index (χ1) is 14.5. The van der Waals surface area contributed by atoms with Gasteiger partial charge in [0.15, 0.2) is 11.5 Å². The number of hydrogen-bond donors (Lipinski definition) is 2. The Kier molecular flexibility index (Phi) is 4.45. The summed E-state index contributed by atoms with van der Waals surface area (Å²) in [6, 6.07) is 9.89. The molecule has 2 aromatic carbocycles. The zero-order chi connectivity index (χ0) is 21.0. The Morgan fingerprint density at radius 3 is 2.80 bits per heavy atom. The quantitative estimate of drug-likeness (QED) is 0.625. The number of fused-ring (bicyclic) bond motifs is 4. The van der Waals surface area contributed by atoms with Crippen molar-refractivity contribution in [3.05, 3.63) is 58.8 Å². The number of nitrogens with one attached hydrogen (secondary N) is 1. The van der Waals surface area contributed by atoms with Gasteiger partial charge in [-0.1, -0.05) is 18.2 Å². The molecule has 0 spiro atoms. The lowest BCUT2D eigenvalue weighted by Crippen LogP contribution is -2.46. The van der Waals surface area contributed by atoms with Gasteiger partial charge < -0.3 is 14.6 Å². The fraction of sp³-hybridized carbons (Fsp3) is 0.273. The molecule has 0 saturated carbocycles. The van der Waals surface area contributed by atoms with Crippen LogP contribution in [0.2, 0.25) is 0 Å². The van der Waals surface area contributed by atoms with Crippen molar-refractivity contribution in [1.29, 1.82) is 0 Å². The predicted molar refractivity (Wildman–Crippen MR) is 111 cm³/mol. The third-order valence-corrected chi connectivity index (χ3v) is 6.01. The van der Waals surface area contributed by atoms with Crippen molar-refractivity contribution in [2.24, 2.45) is 0 Å². The third-order valence-electron chi connectivity index (χ3n) is 5.78. The number of hydrogen-bond acceptors (Lipinski definition) is 5. The van der Waals surface area contributed by atoms with Crippen molar-refractivity contribution < 1.29 is 24.2 Å². The molecule has 3 aromatic rings. The van der Waals surface area contributed by atoms with E-state index >= 15 is 0 Å². The Morgan fingerprint density at radius 2 is 2.03 bits per heavy atom. The monoisotopic (exact) mass is 426 g/mol. The SMILES string of the molecule is Cc1cccc2c1c1c(n2C(=O)CCl)[C@@H](c2ccc3c(c2)OCO3)N[C@@H](C(=O)O)C1. The zero-order valence-electron chi connectivity index (χ0n) is 16.1. The second-order valence-electron chi connectivity index (χ2n) is 7.50. The number of aryl methyl sites for hydroxylation is 1. The minimum Gasteiger partial charge on any atom is -0.480 e. The molecule has 30 heavy (non-hydrogen) atoms. The van der Waals surface area contributed by atoms with Gasteiger partial charge in [-0.3, -0.25) is 19.5 Å². The highest BCUT2D eigenvalue weighted by Gasteiger charge is 2.38. The molecule has 8 heteroatoms. The third kappa shape index (κ3) is 2.77. The summed E-state index contributed by atoms with van der Waals surface area (Å²) in [5, 5.41) is 13.9. The lowest BCUT2D eigenvalue weighted by molar-refractivity contribution is -0.139. The fourth-order valence-electron chi connectivity index (χ4n) is 4.51. The van der Waals surface area contributed by atoms with Gasteiger partial charge in [-0.2, -0.15) is 0 Å². The van der Waals surface area contributed by atoms with E-state index in [9.17, 15) is 14.7 Å². The number of carboxylic acid groups (broad SMARTS) is 1. The highest BCUT2D eigenvalue weighted by atomic mass is 35.5. The summed E-state index contributed by atoms with van der Waals surface area (Å²) in [5.74, 6) is -0.145. The van der Waals surface area contributed by atoms with Crippen LogP contribution >= 0.6 is 11.6 Å². The van der Waals surface area contributed by atoms with Crippen LogP contribution in [-0.2, 0) is 11.2 Å². The average molecular weight is 427 g/mol. The minimum atomic E-state index is -0.940. The van der Waals surface area contributed by atoms with Crippen molar-refractivity contribution in [2.45, 2.75) is 25.4 Å². The second kappa shape index (κ2) is 7.04. The van der Waals surface area contributed by atoms with Gasteiger partial charge in [0, 0.05) is 11.8 Å². The van der Waals surface area contributed by atoms with E-state index in [1.165, 1.54) is 0 Å². The molecular formula is C22H19ClN2O5. The van der Waals surface area contributed by atoms with E-state index in [0.29, 0.717) is 11.5 Å². The van der Waals surface area contributed by atoms with Gasteiger partial charge in [0.05, 0.1) is 17.3 Å². The van der Waals surface area contributed by atoms with Gasteiger partial charge in [0.1, 0.15) is 11.9 Å². The largest absolute Gasteiger partial charge is 0.480 e. The van der Waals surface area contributed by atoms with E-state index in [-0.39, 0.29) is 25.0 Å². The molecule has 0 saturated heterocycles. The predicted octanol–water partition coefficient (Wildman–Crippen LogP) is 3.25. The molecule has 3 heterocycles. The Balaban J connectivity index is 1.80. The molecule has 1 aromatic heterocycles. The van der Waals surface area contributed by atoms with Gasteiger partial charge in [0.25, 0.3) is 0 Å². The van der Waals surface area contributed by atoms with Gasteiger partial charge in [-0.15, -0.1) is 11.6 Å². The Hall–Kier alpha value is -3.03. The zero-order valence-corrected chi connectivity index (χ0v) is 16.9. The maximum absolute atomic E-state index is 12.9. The molecule has 0 bridgehead atoms. The van der Waals surface area contributed by atoms with Crippen molar-refractivity contribution in [1.82, 2.24) is 9.88 Å². The normalized spacial score (nSPS) is 19.7. The summed E-state index contributed by atoms with van der Waals surface area (Å²) in [5.41, 5.74) is 4.09. The molecule has 0 aliphatic carbocycles. The molecule has 2 atom stereocenters. The van der Waals surface area contributed by atoms with E-state index in [2.05, 4.69) is 5.32 Å². The molecule has 0 radical (unpaired) electrons. The summed E-state index contributed by atoms with van der Waals surface area (Å²) in [6.07, 6.45) is 0.273. The van der Waals surface area contributed by atoms with Crippen LogP contribution in [0, 0.1) is 6.92 Å². The number of carboxylic acids is 1. The first-order valence-electron chi connectivity index (χ1n) is 9.60. The summed E-state index contributed by atoms with van der Waals surface area (Å²) >= 11 is 5.95. The molecule has 2 aliphatic rings. The highest BCUT2D eigenvalue weighted by Crippen LogP contribution is 2.42. The van der Waals surface area contributed by atoms with Gasteiger partial charge >= 0.3 is 5.97 Å². The highest BCUT2D eigenvalue weighted by molar-refractivity contribution is 6.28. The minimum absolute atomic E-state index is 0.143. The number of benzene rings is 2. The second-order valence-corrected chi connectivity index (χ2v) is 7.77. The van der Waals surface area contributed by atoms with Crippen molar-refractivity contribution in [2.75, 3.05) is 12.7 Å². The number of nitrogens with zero attached hydrogens (tertiary/aromatic N) is 1. The lowest BCUT2D eigenvalue weighted by atomic mass is 9.89. The van der Waals surface area contributed by atoms with Crippen molar-refractivity contribution in [3.63, 3.8) is 0 Å². The molecule has 154 valence electrons. The molecule has 2 N–H and O–H groups in total. The summed E-state index contributed by atoms with van der Waals surface area (Å²) < 4.78 is 12.5. The molecule has 7 nitrogen and oxygen atoms in total. The van der Waals surface area contributed by atoms with E-state index in [4.69, 9.17) is 21.1 Å². The maximum atomic E-state index is 12.9. The Labute approximate surface area is 177 Å². The van der Waals surface area contributed by atoms with Crippen LogP contribution in [0.4, 0.5) is 0 Å². The van der Waals surface area contributed by atoms with Gasteiger partial charge in [0.2, 0.25) is 12.7 Å². The van der Waals surface area contributed by atoms with Gasteiger partial charge in [-0.25, -0.2) is 0 Å². The van der Waals surface area contributed by atoms with Crippen LogP contribution in [0.25, 0.3) is 10.9 Å². The van der Waals surface area contributed by atoms with E-state index in [1.54, 1.807) is 10.6 Å². The Morgan fingerprint density at radius 1 is 1.23 bits per heavy atom. The first kappa shape index (κ1) is 19.0. The fourth-order valence-corrected chi connectivity index (χ4v) is 4.63. The van der Waals surface area contributed by atoms with E-state index in [0.717, 1.165) is 33.3 Å². The number of carbonyl (C=O) groups excluding carboxylic acids is 1. The van der Waals surface area contributed by atoms with Crippen LogP contribution in [-0.4, -0.2) is 40.3 Å². The number of rotatable bonds is 3. The molecule has 0 unspecified atom stereocenters. The maximum Gasteiger partial charge on any atom is 0.321 e. The standard InChI is InChI=1S/C22H19ClN2O5/c1-11-3-2-4-15-19(11)13-8-14(22(27)28)24-20(21(13)25(15)18(26)9-23)12-5-6-16-17(7-12)30-10-29-16/h2-7,14,20,24H,8-10H2,1H3,(H,27,28)/t14-,20-/m1/s1. The number of carbonyl (C=O) groups is 2. The number of halogens is 1. The van der Waals surface area contributed by atoms with Crippen LogP contribution in [0.3, 0.4) is 0 Å². The summed E-state index contributed by atoms with van der Waals surface area (Å²) in [6.45, 7) is 2.11. The number of aliphatic carboxylic acids is 1. The van der Waals surface area contributed by atoms with Crippen molar-refractivity contribution in [3.8, 4) is 11.5 Å². The molecule has 0 fully saturated rings. The number of ether oxygens (including phenoxy) is 2. The number of alkyl halides is 1. The van der Waals surface area contributed by atoms with Crippen LogP contribution in [0.15, 0.2) is 36.4 Å². The van der Waals surface area contributed by atoms with Gasteiger partial charge in [-0.05, 0) is 41.8 Å². The van der Waals surface area contributed by atoms with Crippen molar-refractivity contribution >= 4 is 34.4 Å². The topological polar surface area (TPSA) is 89.8 Å². The summed E-state index contributed by atoms with van der Waals surface area (Å²) in [7, 11) is 0. The molecule has 0 amide bonds. The smallest absolute Gasteiger partial charge is 0.321 e. The molecule has 2 aliphatic heterocycles. The molecular weight excluding hydrogens is 408 g/mol. The average Bonchev–Trinajstić information content (AvgIpc) is 3.34. The van der Waals surface area contributed by atoms with Crippen LogP contribution in [0.1, 0.15) is 33.2 Å². The van der Waals surface area contributed by atoms with E-state index < -0.39 is 18.1 Å². The number of aromatic nitrogens is 1. The molecule has 5 rings (SSSR count). The Bertz CT molecular complexity index is 1200. The first-order valence-corrected chi connectivity index (χ1v) is 10.1. The van der Waals surface area contributed by atoms with E-state index in [1.807, 2.05) is 37.3 Å². The summed E-state index contributed by atoms with van der Waals surface area (Å²) in [4.78, 5) is 24.8. The lowest BCUT2D eigenvalue weighted by Gasteiger charge is -2.31.